The number of aromatic nitrogens is 1. The third-order valence-corrected chi connectivity index (χ3v) is 2.68. The molecule has 1 heterocycles. The van der Waals surface area contributed by atoms with Crippen molar-refractivity contribution in [2.24, 2.45) is 0 Å². The molecule has 0 saturated heterocycles. The molecule has 0 aromatic carbocycles. The zero-order valence-corrected chi connectivity index (χ0v) is 11.7. The molecule has 0 aliphatic heterocycles. The van der Waals surface area contributed by atoms with Gasteiger partial charge >= 0.3 is 0 Å². The first-order valence-electron chi connectivity index (χ1n) is 6.52. The van der Waals surface area contributed by atoms with Gasteiger partial charge in [0.2, 0.25) is 0 Å². The van der Waals surface area contributed by atoms with E-state index in [2.05, 4.69) is 22.1 Å². The van der Waals surface area contributed by atoms with Crippen LogP contribution >= 0.6 is 0 Å². The molecule has 1 aromatic rings. The van der Waals surface area contributed by atoms with E-state index in [0.29, 0.717) is 5.69 Å². The van der Waals surface area contributed by atoms with E-state index in [0.717, 1.165) is 25.1 Å². The minimum atomic E-state index is -0.115. The molecule has 18 heavy (non-hydrogen) atoms. The molecule has 0 aliphatic rings. The van der Waals surface area contributed by atoms with E-state index in [1.807, 2.05) is 33.0 Å². The summed E-state index contributed by atoms with van der Waals surface area (Å²) in [6.07, 6.45) is 4.00. The maximum absolute atomic E-state index is 11.9. The molecule has 1 rings (SSSR count). The Bertz CT molecular complexity index is 390. The zero-order valence-electron chi connectivity index (χ0n) is 11.7. The van der Waals surface area contributed by atoms with Crippen molar-refractivity contribution in [2.45, 2.75) is 39.7 Å². The van der Waals surface area contributed by atoms with Gasteiger partial charge in [0.05, 0.1) is 0 Å². The van der Waals surface area contributed by atoms with Crippen LogP contribution in [-0.2, 0) is 0 Å². The molecule has 1 amide bonds. The van der Waals surface area contributed by atoms with Gasteiger partial charge in [0.1, 0.15) is 5.69 Å². The van der Waals surface area contributed by atoms with Crippen LogP contribution < -0.4 is 10.2 Å². The summed E-state index contributed by atoms with van der Waals surface area (Å²) in [4.78, 5) is 18.1. The molecule has 0 radical (unpaired) electrons. The Morgan fingerprint density at radius 2 is 2.22 bits per heavy atom. The van der Waals surface area contributed by atoms with Crippen LogP contribution in [-0.4, -0.2) is 30.5 Å². The van der Waals surface area contributed by atoms with Gasteiger partial charge in [-0.05, 0) is 32.4 Å². The van der Waals surface area contributed by atoms with E-state index in [1.165, 1.54) is 0 Å². The van der Waals surface area contributed by atoms with Crippen molar-refractivity contribution in [3.05, 3.63) is 24.0 Å². The fourth-order valence-electron chi connectivity index (χ4n) is 1.64. The van der Waals surface area contributed by atoms with Gasteiger partial charge in [-0.15, -0.1) is 0 Å². The van der Waals surface area contributed by atoms with E-state index in [-0.39, 0.29) is 11.9 Å². The maximum Gasteiger partial charge on any atom is 0.270 e. The molecule has 4 heteroatoms. The monoisotopic (exact) mass is 249 g/mol. The summed E-state index contributed by atoms with van der Waals surface area (Å²) in [5, 5.41) is 2.85. The number of anilines is 1. The standard InChI is InChI=1S/C14H23N3O/c1-5-6-9-17(4)12-7-8-15-13(10-12)14(18)16-11(2)3/h7-8,10-11H,5-6,9H2,1-4H3,(H,16,18). The molecular formula is C14H23N3O. The van der Waals surface area contributed by atoms with Crippen LogP contribution in [0, 0.1) is 0 Å². The highest BCUT2D eigenvalue weighted by Gasteiger charge is 2.10. The van der Waals surface area contributed by atoms with Gasteiger partial charge in [0, 0.05) is 31.5 Å². The third-order valence-electron chi connectivity index (χ3n) is 2.68. The van der Waals surface area contributed by atoms with Crippen LogP contribution in [0.15, 0.2) is 18.3 Å². The lowest BCUT2D eigenvalue weighted by Crippen LogP contribution is -2.31. The van der Waals surface area contributed by atoms with Gasteiger partial charge in [-0.1, -0.05) is 13.3 Å². The van der Waals surface area contributed by atoms with E-state index >= 15 is 0 Å². The number of amides is 1. The summed E-state index contributed by atoms with van der Waals surface area (Å²) < 4.78 is 0. The second-order valence-electron chi connectivity index (χ2n) is 4.80. The first kappa shape index (κ1) is 14.5. The summed E-state index contributed by atoms with van der Waals surface area (Å²) in [6, 6.07) is 3.90. The molecule has 0 aliphatic carbocycles. The number of unbranched alkanes of at least 4 members (excludes halogenated alkanes) is 1. The normalized spacial score (nSPS) is 10.5. The summed E-state index contributed by atoms with van der Waals surface area (Å²) in [5.41, 5.74) is 1.51. The van der Waals surface area contributed by atoms with Crippen molar-refractivity contribution in [1.29, 1.82) is 0 Å². The van der Waals surface area contributed by atoms with Crippen LogP contribution in [0.1, 0.15) is 44.1 Å². The first-order valence-corrected chi connectivity index (χ1v) is 6.52. The Morgan fingerprint density at radius 3 is 2.83 bits per heavy atom. The van der Waals surface area contributed by atoms with Crippen LogP contribution in [0.4, 0.5) is 5.69 Å². The van der Waals surface area contributed by atoms with Gasteiger partial charge in [-0.2, -0.15) is 0 Å². The Morgan fingerprint density at radius 1 is 1.50 bits per heavy atom. The highest BCUT2D eigenvalue weighted by molar-refractivity contribution is 5.93. The molecular weight excluding hydrogens is 226 g/mol. The van der Waals surface area contributed by atoms with Crippen LogP contribution in [0.2, 0.25) is 0 Å². The number of rotatable bonds is 6. The smallest absolute Gasteiger partial charge is 0.270 e. The molecule has 100 valence electrons. The predicted molar refractivity (Wildman–Crippen MR) is 75.0 cm³/mol. The molecule has 1 aromatic heterocycles. The molecule has 4 nitrogen and oxygen atoms in total. The minimum absolute atomic E-state index is 0.115. The zero-order chi connectivity index (χ0) is 13.5. The quantitative estimate of drug-likeness (QED) is 0.842. The molecule has 0 atom stereocenters. The predicted octanol–water partition coefficient (Wildman–Crippen LogP) is 2.46. The van der Waals surface area contributed by atoms with E-state index in [4.69, 9.17) is 0 Å². The fourth-order valence-corrected chi connectivity index (χ4v) is 1.64. The lowest BCUT2D eigenvalue weighted by Gasteiger charge is -2.19. The summed E-state index contributed by atoms with van der Waals surface area (Å²) >= 11 is 0. The van der Waals surface area contributed by atoms with Crippen molar-refractivity contribution < 1.29 is 4.79 Å². The van der Waals surface area contributed by atoms with Crippen molar-refractivity contribution in [1.82, 2.24) is 10.3 Å². The Hall–Kier alpha value is -1.58. The van der Waals surface area contributed by atoms with E-state index in [9.17, 15) is 4.79 Å². The van der Waals surface area contributed by atoms with Crippen molar-refractivity contribution in [3.8, 4) is 0 Å². The van der Waals surface area contributed by atoms with Crippen LogP contribution in [0.3, 0.4) is 0 Å². The summed E-state index contributed by atoms with van der Waals surface area (Å²) in [6.45, 7) is 7.04. The number of carbonyl (C=O) groups is 1. The van der Waals surface area contributed by atoms with Crippen molar-refractivity contribution in [2.75, 3.05) is 18.5 Å². The lowest BCUT2D eigenvalue weighted by molar-refractivity contribution is 0.0938. The topological polar surface area (TPSA) is 45.2 Å². The van der Waals surface area contributed by atoms with Crippen LogP contribution in [0.25, 0.3) is 0 Å². The summed E-state index contributed by atoms with van der Waals surface area (Å²) in [7, 11) is 2.04. The van der Waals surface area contributed by atoms with Crippen molar-refractivity contribution >= 4 is 11.6 Å². The highest BCUT2D eigenvalue weighted by atomic mass is 16.1. The second-order valence-corrected chi connectivity index (χ2v) is 4.80. The van der Waals surface area contributed by atoms with Gasteiger partial charge < -0.3 is 10.2 Å². The fraction of sp³-hybridized carbons (Fsp3) is 0.571. The highest BCUT2D eigenvalue weighted by Crippen LogP contribution is 2.13. The Kier molecular flexibility index (Phi) is 5.62. The number of pyridine rings is 1. The van der Waals surface area contributed by atoms with E-state index < -0.39 is 0 Å². The first-order chi connectivity index (χ1) is 8.54. The Balaban J connectivity index is 2.75. The average molecular weight is 249 g/mol. The number of nitrogens with zero attached hydrogens (tertiary/aromatic N) is 2. The largest absolute Gasteiger partial charge is 0.374 e. The SMILES string of the molecule is CCCCN(C)c1ccnc(C(=O)NC(C)C)c1. The van der Waals surface area contributed by atoms with E-state index in [1.54, 1.807) is 6.20 Å². The van der Waals surface area contributed by atoms with Gasteiger partial charge in [-0.3, -0.25) is 9.78 Å². The molecule has 1 N–H and O–H groups in total. The molecule has 0 fully saturated rings. The average Bonchev–Trinajstić information content (AvgIpc) is 2.35. The molecule has 0 unspecified atom stereocenters. The lowest BCUT2D eigenvalue weighted by atomic mass is 10.2. The Labute approximate surface area is 109 Å². The molecule has 0 saturated carbocycles. The number of hydrogen-bond donors (Lipinski definition) is 1. The number of carbonyl (C=O) groups excluding carboxylic acids is 1. The number of nitrogens with one attached hydrogen (secondary N) is 1. The third kappa shape index (κ3) is 4.35. The molecule has 0 spiro atoms. The van der Waals surface area contributed by atoms with Gasteiger partial charge in [0.15, 0.2) is 0 Å². The van der Waals surface area contributed by atoms with Crippen LogP contribution in [0.5, 0.6) is 0 Å². The maximum atomic E-state index is 11.9. The van der Waals surface area contributed by atoms with Gasteiger partial charge in [0.25, 0.3) is 5.91 Å². The molecule has 0 bridgehead atoms. The van der Waals surface area contributed by atoms with Gasteiger partial charge in [-0.25, -0.2) is 0 Å². The van der Waals surface area contributed by atoms with Crippen molar-refractivity contribution in [3.63, 3.8) is 0 Å². The minimum Gasteiger partial charge on any atom is -0.374 e. The summed E-state index contributed by atoms with van der Waals surface area (Å²) in [5.74, 6) is -0.115. The second kappa shape index (κ2) is 6.99. The number of hydrogen-bond acceptors (Lipinski definition) is 3.